The first-order chi connectivity index (χ1) is 26.1. The number of hydrogen-bond donors (Lipinski definition) is 0. The molecule has 3 heterocycles. The molecule has 0 bridgehead atoms. The molecule has 6 heteroatoms. The molecule has 7 aromatic carbocycles. The molecular formula is C47H31N3O2S. The smallest absolute Gasteiger partial charge is 0.209 e. The molecule has 53 heavy (non-hydrogen) atoms. The van der Waals surface area contributed by atoms with Crippen molar-refractivity contribution in [2.45, 2.75) is 15.2 Å². The van der Waals surface area contributed by atoms with Crippen molar-refractivity contribution in [2.75, 3.05) is 0 Å². The summed E-state index contributed by atoms with van der Waals surface area (Å²) in [6, 6.07) is 62.1. The molecule has 0 N–H and O–H groups in total. The minimum absolute atomic E-state index is 0.277. The zero-order chi connectivity index (χ0) is 35.6. The maximum Gasteiger partial charge on any atom is 0.209 e. The Labute approximate surface area is 307 Å². The molecule has 0 amide bonds. The van der Waals surface area contributed by atoms with Crippen LogP contribution in [0.25, 0.3) is 50.3 Å². The van der Waals surface area contributed by atoms with Crippen LogP contribution in [-0.2, 0) is 15.3 Å². The fourth-order valence-electron chi connectivity index (χ4n) is 8.29. The molecule has 0 unspecified atom stereocenters. The number of rotatable bonds is 5. The van der Waals surface area contributed by atoms with Crippen molar-refractivity contribution < 1.29 is 8.42 Å². The molecule has 252 valence electrons. The molecule has 1 aliphatic heterocycles. The molecule has 0 fully saturated rings. The van der Waals surface area contributed by atoms with Crippen LogP contribution in [0.15, 0.2) is 198 Å². The highest BCUT2D eigenvalue weighted by Crippen LogP contribution is 2.55. The van der Waals surface area contributed by atoms with Crippen molar-refractivity contribution in [3.05, 3.63) is 210 Å². The van der Waals surface area contributed by atoms with Gasteiger partial charge in [-0.25, -0.2) is 18.4 Å². The summed E-state index contributed by atoms with van der Waals surface area (Å²) in [5.74, 6) is 1.13. The number of sulfone groups is 1. The van der Waals surface area contributed by atoms with Gasteiger partial charge < -0.3 is 0 Å². The number of para-hydroxylation sites is 1. The number of hydrogen-bond acceptors (Lipinski definition) is 4. The average molecular weight is 702 g/mol. The van der Waals surface area contributed by atoms with Crippen molar-refractivity contribution >= 4 is 31.6 Å². The molecule has 0 saturated carbocycles. The Morgan fingerprint density at radius 2 is 1.06 bits per heavy atom. The van der Waals surface area contributed by atoms with Gasteiger partial charge in [-0.05, 0) is 34.4 Å². The first-order valence-corrected chi connectivity index (χ1v) is 19.1. The van der Waals surface area contributed by atoms with Crippen LogP contribution in [0.5, 0.6) is 0 Å². The topological polar surface area (TPSA) is 64.8 Å². The van der Waals surface area contributed by atoms with E-state index in [9.17, 15) is 0 Å². The summed E-state index contributed by atoms with van der Waals surface area (Å²) >= 11 is 0. The number of benzene rings is 7. The fourth-order valence-corrected chi connectivity index (χ4v) is 10.2. The van der Waals surface area contributed by atoms with Crippen LogP contribution in [0.1, 0.15) is 22.3 Å². The van der Waals surface area contributed by atoms with E-state index in [1.54, 1.807) is 6.07 Å². The van der Waals surface area contributed by atoms with Crippen molar-refractivity contribution in [3.63, 3.8) is 0 Å². The molecular weight excluding hydrogens is 671 g/mol. The Kier molecular flexibility index (Phi) is 7.03. The quantitative estimate of drug-likeness (QED) is 0.179. The standard InChI is InChI=1S/C47H31N3O2S/c51-53(52)42-28-16-14-26-38(42)47(34-21-9-3-10-22-34,35-23-11-4-12-24-35)39-30-29-37-36-25-13-15-27-41(36)50(44(37)45(39)53)43-31-40(32-17-5-1-6-18-32)48-46(49-43)33-19-7-2-8-20-33/h1-31H. The molecule has 1 aliphatic rings. The van der Waals surface area contributed by atoms with Gasteiger partial charge in [0.15, 0.2) is 5.82 Å². The van der Waals surface area contributed by atoms with Gasteiger partial charge in [-0.15, -0.1) is 0 Å². The summed E-state index contributed by atoms with van der Waals surface area (Å²) in [5, 5.41) is 1.77. The van der Waals surface area contributed by atoms with E-state index < -0.39 is 15.3 Å². The molecule has 0 spiro atoms. The monoisotopic (exact) mass is 701 g/mol. The third-order valence-corrected chi connectivity index (χ3v) is 12.4. The van der Waals surface area contributed by atoms with Gasteiger partial charge in [0, 0.05) is 28.0 Å². The van der Waals surface area contributed by atoms with Gasteiger partial charge in [0.1, 0.15) is 10.7 Å². The predicted molar refractivity (Wildman–Crippen MR) is 211 cm³/mol. The van der Waals surface area contributed by atoms with Crippen LogP contribution in [0, 0.1) is 0 Å². The highest BCUT2D eigenvalue weighted by atomic mass is 32.2. The average Bonchev–Trinajstić information content (AvgIpc) is 3.57. The van der Waals surface area contributed by atoms with Crippen molar-refractivity contribution in [1.82, 2.24) is 14.5 Å². The highest BCUT2D eigenvalue weighted by molar-refractivity contribution is 7.92. The van der Waals surface area contributed by atoms with Gasteiger partial charge in [0.2, 0.25) is 9.84 Å². The van der Waals surface area contributed by atoms with Crippen LogP contribution < -0.4 is 0 Å². The zero-order valence-corrected chi connectivity index (χ0v) is 29.3. The molecule has 9 aromatic rings. The molecule has 2 aromatic heterocycles. The lowest BCUT2D eigenvalue weighted by molar-refractivity contribution is 0.580. The Morgan fingerprint density at radius 3 is 1.74 bits per heavy atom. The normalized spacial score (nSPS) is 14.1. The largest absolute Gasteiger partial charge is 0.292 e. The predicted octanol–water partition coefficient (Wildman–Crippen LogP) is 10.4. The lowest BCUT2D eigenvalue weighted by Crippen LogP contribution is -2.37. The van der Waals surface area contributed by atoms with Crippen molar-refractivity contribution in [2.24, 2.45) is 0 Å². The summed E-state index contributed by atoms with van der Waals surface area (Å²) in [7, 11) is -4.08. The fraction of sp³-hybridized carbons (Fsp3) is 0.0213. The van der Waals surface area contributed by atoms with E-state index in [0.29, 0.717) is 27.6 Å². The summed E-state index contributed by atoms with van der Waals surface area (Å²) < 4.78 is 32.9. The van der Waals surface area contributed by atoms with Gasteiger partial charge in [-0.1, -0.05) is 170 Å². The van der Waals surface area contributed by atoms with Gasteiger partial charge in [0.25, 0.3) is 0 Å². The van der Waals surface area contributed by atoms with Gasteiger partial charge in [-0.3, -0.25) is 4.57 Å². The van der Waals surface area contributed by atoms with E-state index in [2.05, 4.69) is 36.4 Å². The second-order valence-electron chi connectivity index (χ2n) is 13.3. The maximum absolute atomic E-state index is 15.5. The second kappa shape index (κ2) is 12.0. The van der Waals surface area contributed by atoms with Crippen molar-refractivity contribution in [3.8, 4) is 28.5 Å². The van der Waals surface area contributed by atoms with Crippen LogP contribution >= 0.6 is 0 Å². The van der Waals surface area contributed by atoms with Crippen LogP contribution in [-0.4, -0.2) is 23.0 Å². The summed E-state index contributed by atoms with van der Waals surface area (Å²) in [5.41, 5.74) is 6.43. The maximum atomic E-state index is 15.5. The van der Waals surface area contributed by atoms with E-state index in [0.717, 1.165) is 49.8 Å². The Hall–Kier alpha value is -6.63. The van der Waals surface area contributed by atoms with E-state index in [1.165, 1.54) is 0 Å². The molecule has 0 saturated heterocycles. The number of aromatic nitrogens is 3. The van der Waals surface area contributed by atoms with E-state index >= 15 is 8.42 Å². The number of fused-ring (bicyclic) bond motifs is 6. The van der Waals surface area contributed by atoms with Crippen LogP contribution in [0.4, 0.5) is 0 Å². The first kappa shape index (κ1) is 31.1. The van der Waals surface area contributed by atoms with Gasteiger partial charge in [-0.2, -0.15) is 0 Å². The minimum Gasteiger partial charge on any atom is -0.292 e. The molecule has 0 atom stereocenters. The van der Waals surface area contributed by atoms with Crippen molar-refractivity contribution in [1.29, 1.82) is 0 Å². The summed E-state index contributed by atoms with van der Waals surface area (Å²) in [6.45, 7) is 0. The summed E-state index contributed by atoms with van der Waals surface area (Å²) in [4.78, 5) is 10.8. The molecule has 0 radical (unpaired) electrons. The third-order valence-electron chi connectivity index (χ3n) is 10.5. The Morgan fingerprint density at radius 1 is 0.491 bits per heavy atom. The number of nitrogens with zero attached hydrogens (tertiary/aromatic N) is 3. The van der Waals surface area contributed by atoms with E-state index in [-0.39, 0.29) is 4.90 Å². The molecule has 0 aliphatic carbocycles. The van der Waals surface area contributed by atoms with E-state index in [1.807, 2.05) is 150 Å². The van der Waals surface area contributed by atoms with E-state index in [4.69, 9.17) is 9.97 Å². The Bertz CT molecular complexity index is 2850. The second-order valence-corrected chi connectivity index (χ2v) is 15.2. The highest BCUT2D eigenvalue weighted by Gasteiger charge is 2.50. The SMILES string of the molecule is O=S1(=O)c2ccccc2C(c2ccccc2)(c2ccccc2)c2ccc3c4ccccc4n(-c4cc(-c5ccccc5)nc(-c5ccccc5)n4)c3c21. The van der Waals surface area contributed by atoms with Crippen LogP contribution in [0.3, 0.4) is 0 Å². The lowest BCUT2D eigenvalue weighted by atomic mass is 9.64. The van der Waals surface area contributed by atoms with Gasteiger partial charge in [0.05, 0.1) is 27.0 Å². The molecule has 5 nitrogen and oxygen atoms in total. The van der Waals surface area contributed by atoms with Gasteiger partial charge >= 0.3 is 0 Å². The van der Waals surface area contributed by atoms with Crippen LogP contribution in [0.2, 0.25) is 0 Å². The molecule has 10 rings (SSSR count). The lowest BCUT2D eigenvalue weighted by Gasteiger charge is -2.42. The first-order valence-electron chi connectivity index (χ1n) is 17.6. The Balaban J connectivity index is 1.41. The zero-order valence-electron chi connectivity index (χ0n) is 28.5. The summed E-state index contributed by atoms with van der Waals surface area (Å²) in [6.07, 6.45) is 0. The minimum atomic E-state index is -4.08. The third kappa shape index (κ3) is 4.59.